The van der Waals surface area contributed by atoms with E-state index in [-0.39, 0.29) is 18.3 Å². The van der Waals surface area contributed by atoms with Gasteiger partial charge in [-0.3, -0.25) is 9.59 Å². The fourth-order valence-electron chi connectivity index (χ4n) is 2.38. The summed E-state index contributed by atoms with van der Waals surface area (Å²) < 4.78 is 5.54. The van der Waals surface area contributed by atoms with Gasteiger partial charge in [0.05, 0.1) is 0 Å². The molecule has 0 aliphatic rings. The Balaban J connectivity index is 1.88. The molecular formula is C21H25NO3. The van der Waals surface area contributed by atoms with Crippen molar-refractivity contribution in [1.82, 2.24) is 0 Å². The van der Waals surface area contributed by atoms with Crippen molar-refractivity contribution in [2.75, 3.05) is 11.9 Å². The topological polar surface area (TPSA) is 55.4 Å². The Morgan fingerprint density at radius 3 is 2.20 bits per heavy atom. The molecule has 4 heteroatoms. The molecule has 2 aromatic rings. The van der Waals surface area contributed by atoms with Gasteiger partial charge in [0, 0.05) is 17.7 Å². The first kappa shape index (κ1) is 18.7. The van der Waals surface area contributed by atoms with Crippen molar-refractivity contribution in [3.05, 3.63) is 59.7 Å². The molecule has 0 saturated carbocycles. The van der Waals surface area contributed by atoms with Crippen LogP contribution in [0.2, 0.25) is 0 Å². The normalized spacial score (nSPS) is 10.6. The van der Waals surface area contributed by atoms with Crippen molar-refractivity contribution in [2.45, 2.75) is 33.6 Å². The van der Waals surface area contributed by atoms with E-state index in [0.29, 0.717) is 29.3 Å². The highest BCUT2D eigenvalue weighted by Gasteiger charge is 2.09. The fourth-order valence-corrected chi connectivity index (χ4v) is 2.38. The van der Waals surface area contributed by atoms with E-state index >= 15 is 0 Å². The van der Waals surface area contributed by atoms with Crippen molar-refractivity contribution >= 4 is 17.4 Å². The fraction of sp³-hybridized carbons (Fsp3) is 0.333. The Morgan fingerprint density at radius 1 is 1.00 bits per heavy atom. The largest absolute Gasteiger partial charge is 0.485 e. The summed E-state index contributed by atoms with van der Waals surface area (Å²) in [7, 11) is 0. The predicted octanol–water partition coefficient (Wildman–Crippen LogP) is 4.50. The molecule has 1 N–H and O–H groups in total. The second-order valence-corrected chi connectivity index (χ2v) is 6.43. The lowest BCUT2D eigenvalue weighted by molar-refractivity contribution is -0.116. The lowest BCUT2D eigenvalue weighted by Crippen LogP contribution is -2.14. The maximum absolute atomic E-state index is 12.2. The third kappa shape index (κ3) is 6.07. The number of carbonyl (C=O) groups is 2. The van der Waals surface area contributed by atoms with Crippen LogP contribution in [-0.2, 0) is 11.2 Å². The smallest absolute Gasteiger partial charge is 0.224 e. The van der Waals surface area contributed by atoms with Crippen LogP contribution in [0.15, 0.2) is 48.5 Å². The molecule has 2 aromatic carbocycles. The Hall–Kier alpha value is -2.62. The second kappa shape index (κ2) is 9.02. The van der Waals surface area contributed by atoms with E-state index in [4.69, 9.17) is 4.74 Å². The number of ketones is 1. The number of rotatable bonds is 8. The maximum atomic E-state index is 12.2. The van der Waals surface area contributed by atoms with Crippen LogP contribution in [0.3, 0.4) is 0 Å². The van der Waals surface area contributed by atoms with Gasteiger partial charge >= 0.3 is 0 Å². The van der Waals surface area contributed by atoms with Gasteiger partial charge in [-0.05, 0) is 54.3 Å². The number of aryl methyl sites for hydroxylation is 1. The molecule has 0 aliphatic heterocycles. The first-order chi connectivity index (χ1) is 12.0. The summed E-state index contributed by atoms with van der Waals surface area (Å²) in [5.74, 6) is 0.875. The molecule has 0 unspecified atom stereocenters. The molecular weight excluding hydrogens is 314 g/mol. The van der Waals surface area contributed by atoms with Crippen molar-refractivity contribution in [3.8, 4) is 5.75 Å². The van der Waals surface area contributed by atoms with Gasteiger partial charge in [-0.2, -0.15) is 0 Å². The standard InChI is InChI=1S/C21H25NO3/c1-4-16-5-11-19(12-6-16)25-14-20(23)17-7-9-18(10-8-17)22-21(24)13-15(2)3/h5-12,15H,4,13-14H2,1-3H3,(H,22,24). The van der Waals surface area contributed by atoms with E-state index in [2.05, 4.69) is 12.2 Å². The van der Waals surface area contributed by atoms with E-state index < -0.39 is 0 Å². The van der Waals surface area contributed by atoms with Crippen LogP contribution >= 0.6 is 0 Å². The van der Waals surface area contributed by atoms with Gasteiger partial charge in [-0.1, -0.05) is 32.9 Å². The summed E-state index contributed by atoms with van der Waals surface area (Å²) in [5, 5.41) is 2.83. The lowest BCUT2D eigenvalue weighted by atomic mass is 10.1. The molecule has 0 bridgehead atoms. The first-order valence-corrected chi connectivity index (χ1v) is 8.62. The molecule has 0 fully saturated rings. The summed E-state index contributed by atoms with van der Waals surface area (Å²) in [6.07, 6.45) is 1.45. The van der Waals surface area contributed by atoms with E-state index in [1.54, 1.807) is 24.3 Å². The van der Waals surface area contributed by atoms with Gasteiger partial charge in [0.15, 0.2) is 12.4 Å². The Morgan fingerprint density at radius 2 is 1.64 bits per heavy atom. The predicted molar refractivity (Wildman–Crippen MR) is 100 cm³/mol. The number of benzene rings is 2. The molecule has 25 heavy (non-hydrogen) atoms. The van der Waals surface area contributed by atoms with Crippen molar-refractivity contribution in [2.24, 2.45) is 5.92 Å². The minimum Gasteiger partial charge on any atom is -0.485 e. The molecule has 1 amide bonds. The van der Waals surface area contributed by atoms with Gasteiger partial charge < -0.3 is 10.1 Å². The van der Waals surface area contributed by atoms with Crippen molar-refractivity contribution < 1.29 is 14.3 Å². The third-order valence-electron chi connectivity index (χ3n) is 3.79. The lowest BCUT2D eigenvalue weighted by Gasteiger charge is -2.09. The van der Waals surface area contributed by atoms with Crippen molar-refractivity contribution in [3.63, 3.8) is 0 Å². The summed E-state index contributed by atoms with van der Waals surface area (Å²) in [6, 6.07) is 14.6. The quantitative estimate of drug-likeness (QED) is 0.721. The van der Waals surface area contributed by atoms with Crippen LogP contribution in [0.25, 0.3) is 0 Å². The van der Waals surface area contributed by atoms with Crippen LogP contribution in [0.1, 0.15) is 43.1 Å². The summed E-state index contributed by atoms with van der Waals surface area (Å²) >= 11 is 0. The highest BCUT2D eigenvalue weighted by atomic mass is 16.5. The number of hydrogen-bond acceptors (Lipinski definition) is 3. The molecule has 0 radical (unpaired) electrons. The van der Waals surface area contributed by atoms with E-state index in [0.717, 1.165) is 6.42 Å². The van der Waals surface area contributed by atoms with Gasteiger partial charge in [0.25, 0.3) is 0 Å². The monoisotopic (exact) mass is 339 g/mol. The van der Waals surface area contributed by atoms with Gasteiger partial charge in [0.1, 0.15) is 5.75 Å². The molecule has 2 rings (SSSR count). The average molecular weight is 339 g/mol. The molecule has 132 valence electrons. The maximum Gasteiger partial charge on any atom is 0.224 e. The van der Waals surface area contributed by atoms with Crippen LogP contribution in [-0.4, -0.2) is 18.3 Å². The van der Waals surface area contributed by atoms with Crippen molar-refractivity contribution in [1.29, 1.82) is 0 Å². The molecule has 0 atom stereocenters. The van der Waals surface area contributed by atoms with E-state index in [1.807, 2.05) is 38.1 Å². The third-order valence-corrected chi connectivity index (χ3v) is 3.79. The van der Waals surface area contributed by atoms with Crippen LogP contribution in [0.4, 0.5) is 5.69 Å². The minimum absolute atomic E-state index is 0.00940. The first-order valence-electron chi connectivity index (χ1n) is 8.62. The number of carbonyl (C=O) groups excluding carboxylic acids is 2. The van der Waals surface area contributed by atoms with Gasteiger partial charge in [-0.15, -0.1) is 0 Å². The Bertz CT molecular complexity index is 703. The molecule has 0 saturated heterocycles. The SMILES string of the molecule is CCc1ccc(OCC(=O)c2ccc(NC(=O)CC(C)C)cc2)cc1. The zero-order valence-electron chi connectivity index (χ0n) is 15.0. The Labute approximate surface area is 149 Å². The molecule has 0 aromatic heterocycles. The molecule has 0 aliphatic carbocycles. The average Bonchev–Trinajstić information content (AvgIpc) is 2.60. The van der Waals surface area contributed by atoms with E-state index in [9.17, 15) is 9.59 Å². The number of anilines is 1. The van der Waals surface area contributed by atoms with Crippen LogP contribution in [0, 0.1) is 5.92 Å². The molecule has 0 heterocycles. The van der Waals surface area contributed by atoms with Crippen LogP contribution in [0.5, 0.6) is 5.75 Å². The second-order valence-electron chi connectivity index (χ2n) is 6.43. The number of hydrogen-bond donors (Lipinski definition) is 1. The molecule has 4 nitrogen and oxygen atoms in total. The number of amides is 1. The Kier molecular flexibility index (Phi) is 6.75. The zero-order chi connectivity index (χ0) is 18.2. The summed E-state index contributed by atoms with van der Waals surface area (Å²) in [6.45, 7) is 6.08. The highest BCUT2D eigenvalue weighted by molar-refractivity contribution is 5.98. The summed E-state index contributed by atoms with van der Waals surface area (Å²) in [5.41, 5.74) is 2.49. The van der Waals surface area contributed by atoms with Gasteiger partial charge in [0.2, 0.25) is 5.91 Å². The number of ether oxygens (including phenoxy) is 1. The molecule has 0 spiro atoms. The van der Waals surface area contributed by atoms with Gasteiger partial charge in [-0.25, -0.2) is 0 Å². The number of Topliss-reactive ketones (excluding diaryl/α,β-unsaturated/α-hetero) is 1. The van der Waals surface area contributed by atoms with Crippen LogP contribution < -0.4 is 10.1 Å². The zero-order valence-corrected chi connectivity index (χ0v) is 15.0. The summed E-state index contributed by atoms with van der Waals surface area (Å²) in [4.78, 5) is 24.0. The minimum atomic E-state index is -0.0976. The van der Waals surface area contributed by atoms with E-state index in [1.165, 1.54) is 5.56 Å². The number of nitrogens with one attached hydrogen (secondary N) is 1. The highest BCUT2D eigenvalue weighted by Crippen LogP contribution is 2.15.